The van der Waals surface area contributed by atoms with Crippen molar-refractivity contribution in [1.82, 2.24) is 5.32 Å². The van der Waals surface area contributed by atoms with E-state index in [0.717, 1.165) is 6.54 Å². The van der Waals surface area contributed by atoms with Crippen LogP contribution >= 0.6 is 0 Å². The van der Waals surface area contributed by atoms with Gasteiger partial charge in [-0.25, -0.2) is 0 Å². The first-order valence-electron chi connectivity index (χ1n) is 4.13. The fourth-order valence-corrected chi connectivity index (χ4v) is 0.700. The third-order valence-corrected chi connectivity index (χ3v) is 1.53. The second kappa shape index (κ2) is 5.63. The lowest BCUT2D eigenvalue weighted by atomic mass is 10.1. The van der Waals surface area contributed by atoms with Gasteiger partial charge in [-0.1, -0.05) is 12.5 Å². The van der Waals surface area contributed by atoms with Gasteiger partial charge in [0.1, 0.15) is 0 Å². The van der Waals surface area contributed by atoms with E-state index in [1.54, 1.807) is 6.92 Å². The van der Waals surface area contributed by atoms with Crippen LogP contribution in [-0.2, 0) is 4.79 Å². The minimum atomic E-state index is -0.728. The normalized spacial score (nSPS) is 11.9. The van der Waals surface area contributed by atoms with Crippen molar-refractivity contribution in [2.75, 3.05) is 6.54 Å². The van der Waals surface area contributed by atoms with Crippen molar-refractivity contribution < 1.29 is 9.90 Å². The van der Waals surface area contributed by atoms with Crippen molar-refractivity contribution >= 4 is 5.97 Å². The Kier molecular flexibility index (Phi) is 5.17. The standard InChI is InChI=1S/C9H17NO2/c1-7(2)6-10-5-4-8(3)9(11)12/h6,8,10H,4-5H2,1-3H3,(H,11,12). The summed E-state index contributed by atoms with van der Waals surface area (Å²) in [7, 11) is 0. The predicted molar refractivity (Wildman–Crippen MR) is 48.9 cm³/mol. The number of hydrogen-bond acceptors (Lipinski definition) is 2. The Balaban J connectivity index is 3.44. The van der Waals surface area contributed by atoms with Gasteiger partial charge in [0.2, 0.25) is 0 Å². The van der Waals surface area contributed by atoms with Crippen molar-refractivity contribution in [2.45, 2.75) is 27.2 Å². The first kappa shape index (κ1) is 11.0. The molecule has 0 saturated carbocycles. The first-order chi connectivity index (χ1) is 5.54. The summed E-state index contributed by atoms with van der Waals surface area (Å²) in [5, 5.41) is 11.6. The Labute approximate surface area is 73.5 Å². The van der Waals surface area contributed by atoms with Gasteiger partial charge in [-0.2, -0.15) is 0 Å². The summed E-state index contributed by atoms with van der Waals surface area (Å²) in [6.07, 6.45) is 2.56. The van der Waals surface area contributed by atoms with Crippen LogP contribution in [-0.4, -0.2) is 17.6 Å². The highest BCUT2D eigenvalue weighted by Crippen LogP contribution is 1.99. The number of nitrogens with one attached hydrogen (secondary N) is 1. The number of aliphatic carboxylic acids is 1. The molecule has 3 nitrogen and oxygen atoms in total. The van der Waals surface area contributed by atoms with Gasteiger partial charge in [-0.15, -0.1) is 0 Å². The quantitative estimate of drug-likeness (QED) is 0.618. The minimum absolute atomic E-state index is 0.261. The summed E-state index contributed by atoms with van der Waals surface area (Å²) >= 11 is 0. The molecule has 0 bridgehead atoms. The number of hydrogen-bond donors (Lipinski definition) is 2. The average Bonchev–Trinajstić information content (AvgIpc) is 1.97. The van der Waals surface area contributed by atoms with Crippen molar-refractivity contribution in [3.8, 4) is 0 Å². The van der Waals surface area contributed by atoms with Gasteiger partial charge < -0.3 is 10.4 Å². The molecule has 12 heavy (non-hydrogen) atoms. The molecule has 0 aliphatic carbocycles. The zero-order chi connectivity index (χ0) is 9.56. The van der Waals surface area contributed by atoms with Gasteiger partial charge in [0, 0.05) is 6.54 Å². The molecule has 0 aromatic rings. The summed E-state index contributed by atoms with van der Waals surface area (Å²) in [6, 6.07) is 0. The van der Waals surface area contributed by atoms with E-state index in [0.29, 0.717) is 6.42 Å². The Morgan fingerprint density at radius 2 is 2.17 bits per heavy atom. The molecule has 0 aliphatic rings. The third-order valence-electron chi connectivity index (χ3n) is 1.53. The van der Waals surface area contributed by atoms with Gasteiger partial charge in [0.05, 0.1) is 5.92 Å². The minimum Gasteiger partial charge on any atom is -0.481 e. The Bertz CT molecular complexity index is 171. The van der Waals surface area contributed by atoms with Crippen LogP contribution in [0.2, 0.25) is 0 Å². The molecule has 0 aromatic heterocycles. The topological polar surface area (TPSA) is 49.3 Å². The molecule has 0 radical (unpaired) electrons. The van der Waals surface area contributed by atoms with Crippen molar-refractivity contribution in [3.63, 3.8) is 0 Å². The van der Waals surface area contributed by atoms with Gasteiger partial charge in [0.25, 0.3) is 0 Å². The third kappa shape index (κ3) is 5.77. The van der Waals surface area contributed by atoms with Crippen LogP contribution in [0.3, 0.4) is 0 Å². The molecular formula is C9H17NO2. The van der Waals surface area contributed by atoms with Crippen LogP contribution in [0.15, 0.2) is 11.8 Å². The molecule has 0 aromatic carbocycles. The zero-order valence-electron chi connectivity index (χ0n) is 7.92. The van der Waals surface area contributed by atoms with Crippen LogP contribution in [0.4, 0.5) is 0 Å². The number of carboxylic acid groups (broad SMARTS) is 1. The second-order valence-electron chi connectivity index (χ2n) is 3.20. The van der Waals surface area contributed by atoms with Crippen molar-refractivity contribution in [1.29, 1.82) is 0 Å². The average molecular weight is 171 g/mol. The molecule has 0 fully saturated rings. The molecule has 0 heterocycles. The van der Waals surface area contributed by atoms with E-state index in [4.69, 9.17) is 5.11 Å². The molecule has 1 unspecified atom stereocenters. The van der Waals surface area contributed by atoms with Crippen LogP contribution in [0.1, 0.15) is 27.2 Å². The van der Waals surface area contributed by atoms with E-state index in [-0.39, 0.29) is 5.92 Å². The second-order valence-corrected chi connectivity index (χ2v) is 3.20. The van der Waals surface area contributed by atoms with Crippen LogP contribution < -0.4 is 5.32 Å². The van der Waals surface area contributed by atoms with E-state index in [1.807, 2.05) is 20.0 Å². The summed E-state index contributed by atoms with van der Waals surface area (Å²) < 4.78 is 0. The number of allylic oxidation sites excluding steroid dienone is 1. The number of rotatable bonds is 5. The van der Waals surface area contributed by atoms with Crippen LogP contribution in [0.5, 0.6) is 0 Å². The first-order valence-corrected chi connectivity index (χ1v) is 4.13. The molecule has 1 atom stereocenters. The maximum absolute atomic E-state index is 10.4. The molecular weight excluding hydrogens is 154 g/mol. The van der Waals surface area contributed by atoms with E-state index >= 15 is 0 Å². The van der Waals surface area contributed by atoms with Gasteiger partial charge in [0.15, 0.2) is 0 Å². The van der Waals surface area contributed by atoms with Crippen molar-refractivity contribution in [2.24, 2.45) is 5.92 Å². The number of carboxylic acids is 1. The lowest BCUT2D eigenvalue weighted by Crippen LogP contribution is -2.16. The lowest BCUT2D eigenvalue weighted by Gasteiger charge is -2.05. The molecule has 0 saturated heterocycles. The number of carbonyl (C=O) groups is 1. The highest BCUT2D eigenvalue weighted by molar-refractivity contribution is 5.69. The lowest BCUT2D eigenvalue weighted by molar-refractivity contribution is -0.141. The summed E-state index contributed by atoms with van der Waals surface area (Å²) in [4.78, 5) is 10.4. The molecule has 2 N–H and O–H groups in total. The maximum Gasteiger partial charge on any atom is 0.306 e. The van der Waals surface area contributed by atoms with Crippen molar-refractivity contribution in [3.05, 3.63) is 11.8 Å². The summed E-state index contributed by atoms with van der Waals surface area (Å²) in [6.45, 7) is 6.42. The summed E-state index contributed by atoms with van der Waals surface area (Å²) in [5.41, 5.74) is 1.19. The Hall–Kier alpha value is -0.990. The predicted octanol–water partition coefficient (Wildman–Crippen LogP) is 1.61. The van der Waals surface area contributed by atoms with E-state index in [9.17, 15) is 4.79 Å². The largest absolute Gasteiger partial charge is 0.481 e. The van der Waals surface area contributed by atoms with E-state index in [2.05, 4.69) is 5.32 Å². The fourth-order valence-electron chi connectivity index (χ4n) is 0.700. The molecule has 0 amide bonds. The molecule has 0 rings (SSSR count). The highest BCUT2D eigenvalue weighted by Gasteiger charge is 2.08. The summed E-state index contributed by atoms with van der Waals surface area (Å²) in [5.74, 6) is -0.989. The van der Waals surface area contributed by atoms with Gasteiger partial charge in [-0.3, -0.25) is 4.79 Å². The smallest absolute Gasteiger partial charge is 0.306 e. The Morgan fingerprint density at radius 3 is 2.58 bits per heavy atom. The zero-order valence-corrected chi connectivity index (χ0v) is 7.92. The van der Waals surface area contributed by atoms with Gasteiger partial charge >= 0.3 is 5.97 Å². The fraction of sp³-hybridized carbons (Fsp3) is 0.667. The molecule has 0 spiro atoms. The molecule has 0 aliphatic heterocycles. The maximum atomic E-state index is 10.4. The van der Waals surface area contributed by atoms with Gasteiger partial charge in [-0.05, 0) is 26.5 Å². The molecule has 3 heteroatoms. The Morgan fingerprint density at radius 1 is 1.58 bits per heavy atom. The van der Waals surface area contributed by atoms with Crippen LogP contribution in [0.25, 0.3) is 0 Å². The monoisotopic (exact) mass is 171 g/mol. The van der Waals surface area contributed by atoms with E-state index in [1.165, 1.54) is 5.57 Å². The highest BCUT2D eigenvalue weighted by atomic mass is 16.4. The molecule has 70 valence electrons. The van der Waals surface area contributed by atoms with E-state index < -0.39 is 5.97 Å². The SMILES string of the molecule is CC(C)=CNCCC(C)C(=O)O. The van der Waals surface area contributed by atoms with Crippen LogP contribution in [0, 0.1) is 5.92 Å².